The predicted octanol–water partition coefficient (Wildman–Crippen LogP) is 3.04. The minimum absolute atomic E-state index is 0.0264. The number of anilines is 1. The van der Waals surface area contributed by atoms with Crippen LogP contribution in [0.3, 0.4) is 0 Å². The molecule has 1 aromatic carbocycles. The molecule has 3 rings (SSSR count). The maximum Gasteiger partial charge on any atom is 0.291 e. The van der Waals surface area contributed by atoms with Crippen molar-refractivity contribution in [3.05, 3.63) is 54.0 Å². The maximum absolute atomic E-state index is 12.5. The van der Waals surface area contributed by atoms with Crippen molar-refractivity contribution in [1.29, 1.82) is 0 Å². The van der Waals surface area contributed by atoms with Crippen LogP contribution in [0.15, 0.2) is 47.1 Å². The molecule has 1 atom stereocenters. The fourth-order valence-electron chi connectivity index (χ4n) is 3.40. The molecule has 1 aromatic heterocycles. The summed E-state index contributed by atoms with van der Waals surface area (Å²) in [6.45, 7) is 5.38. The second-order valence-corrected chi connectivity index (χ2v) is 7.62. The third-order valence-electron chi connectivity index (χ3n) is 5.02. The second-order valence-electron chi connectivity index (χ2n) is 7.62. The Kier molecular flexibility index (Phi) is 6.69. The molecular weight excluding hydrogens is 370 g/mol. The number of nitrogens with zero attached hydrogens (tertiary/aromatic N) is 1. The van der Waals surface area contributed by atoms with E-state index in [1.807, 2.05) is 26.0 Å². The average Bonchev–Trinajstić information content (AvgIpc) is 3.27. The zero-order valence-electron chi connectivity index (χ0n) is 16.8. The van der Waals surface area contributed by atoms with Crippen LogP contribution in [0.1, 0.15) is 42.8 Å². The van der Waals surface area contributed by atoms with Crippen LogP contribution in [0, 0.1) is 11.8 Å². The number of amides is 3. The lowest BCUT2D eigenvalue weighted by Crippen LogP contribution is -2.46. The lowest BCUT2D eigenvalue weighted by atomic mass is 9.96. The smallest absolute Gasteiger partial charge is 0.291 e. The molecule has 0 aliphatic carbocycles. The third-order valence-corrected chi connectivity index (χ3v) is 5.02. The summed E-state index contributed by atoms with van der Waals surface area (Å²) in [6, 6.07) is 10.5. The molecule has 1 fully saturated rings. The van der Waals surface area contributed by atoms with Gasteiger partial charge in [0, 0.05) is 31.2 Å². The summed E-state index contributed by atoms with van der Waals surface area (Å²) in [6.07, 6.45) is 3.09. The van der Waals surface area contributed by atoms with Gasteiger partial charge in [-0.05, 0) is 42.7 Å². The summed E-state index contributed by atoms with van der Waals surface area (Å²) in [5, 5.41) is 5.72. The van der Waals surface area contributed by atoms with Crippen LogP contribution in [0.25, 0.3) is 0 Å². The molecule has 0 saturated carbocycles. The van der Waals surface area contributed by atoms with Crippen LogP contribution in [0.5, 0.6) is 0 Å². The molecule has 2 heterocycles. The molecule has 2 aromatic rings. The Morgan fingerprint density at radius 1 is 1.17 bits per heavy atom. The molecule has 0 spiro atoms. The van der Waals surface area contributed by atoms with Gasteiger partial charge in [-0.15, -0.1) is 0 Å². The van der Waals surface area contributed by atoms with Crippen LogP contribution in [-0.2, 0) is 16.1 Å². The van der Waals surface area contributed by atoms with E-state index in [2.05, 4.69) is 10.6 Å². The fraction of sp³-hybridized carbons (Fsp3) is 0.409. The van der Waals surface area contributed by atoms with Crippen LogP contribution < -0.4 is 10.6 Å². The van der Waals surface area contributed by atoms with Crippen molar-refractivity contribution >= 4 is 23.4 Å². The molecule has 7 nitrogen and oxygen atoms in total. The van der Waals surface area contributed by atoms with Crippen molar-refractivity contribution in [2.75, 3.05) is 18.4 Å². The molecule has 1 saturated heterocycles. The fourth-order valence-corrected chi connectivity index (χ4v) is 3.40. The molecule has 0 bridgehead atoms. The minimum atomic E-state index is -0.311. The molecule has 3 amide bonds. The number of rotatable bonds is 6. The number of likely N-dealkylation sites (tertiary alicyclic amines) is 1. The predicted molar refractivity (Wildman–Crippen MR) is 109 cm³/mol. The zero-order chi connectivity index (χ0) is 20.8. The van der Waals surface area contributed by atoms with E-state index in [0.717, 1.165) is 24.9 Å². The van der Waals surface area contributed by atoms with Crippen LogP contribution >= 0.6 is 0 Å². The van der Waals surface area contributed by atoms with Crippen molar-refractivity contribution in [3.8, 4) is 0 Å². The Labute approximate surface area is 170 Å². The lowest BCUT2D eigenvalue weighted by molar-refractivity contribution is -0.138. The van der Waals surface area contributed by atoms with E-state index >= 15 is 0 Å². The zero-order valence-corrected chi connectivity index (χ0v) is 16.8. The quantitative estimate of drug-likeness (QED) is 0.784. The Morgan fingerprint density at radius 3 is 2.59 bits per heavy atom. The van der Waals surface area contributed by atoms with Gasteiger partial charge in [-0.1, -0.05) is 26.0 Å². The Bertz CT molecular complexity index is 843. The molecule has 29 heavy (non-hydrogen) atoms. The number of hydrogen-bond donors (Lipinski definition) is 2. The molecule has 7 heteroatoms. The first-order chi connectivity index (χ1) is 13.9. The number of furan rings is 1. The monoisotopic (exact) mass is 397 g/mol. The Balaban J connectivity index is 1.48. The normalized spacial score (nSPS) is 16.5. The highest BCUT2D eigenvalue weighted by molar-refractivity contribution is 6.02. The van der Waals surface area contributed by atoms with Gasteiger partial charge in [-0.25, -0.2) is 0 Å². The first-order valence-corrected chi connectivity index (χ1v) is 9.94. The molecular formula is C22H27N3O4. The van der Waals surface area contributed by atoms with Crippen LogP contribution in [0.2, 0.25) is 0 Å². The number of carbonyl (C=O) groups excluding carboxylic acids is 3. The van der Waals surface area contributed by atoms with Gasteiger partial charge < -0.3 is 20.0 Å². The highest BCUT2D eigenvalue weighted by atomic mass is 16.3. The average molecular weight is 397 g/mol. The van der Waals surface area contributed by atoms with E-state index in [-0.39, 0.29) is 35.3 Å². The van der Waals surface area contributed by atoms with E-state index in [1.54, 1.807) is 29.2 Å². The maximum atomic E-state index is 12.5. The molecule has 2 N–H and O–H groups in total. The molecule has 1 aliphatic heterocycles. The number of benzene rings is 1. The van der Waals surface area contributed by atoms with E-state index < -0.39 is 0 Å². The molecule has 0 radical (unpaired) electrons. The summed E-state index contributed by atoms with van der Waals surface area (Å²) < 4.78 is 5.06. The van der Waals surface area contributed by atoms with Gasteiger partial charge >= 0.3 is 0 Å². The first-order valence-electron chi connectivity index (χ1n) is 9.94. The topological polar surface area (TPSA) is 91.7 Å². The largest absolute Gasteiger partial charge is 0.459 e. The van der Waals surface area contributed by atoms with Gasteiger partial charge in [0.25, 0.3) is 5.91 Å². The van der Waals surface area contributed by atoms with Gasteiger partial charge in [0.2, 0.25) is 11.8 Å². The van der Waals surface area contributed by atoms with Crippen molar-refractivity contribution in [1.82, 2.24) is 10.2 Å². The van der Waals surface area contributed by atoms with Gasteiger partial charge in [-0.3, -0.25) is 14.4 Å². The molecule has 1 aliphatic rings. The van der Waals surface area contributed by atoms with Gasteiger partial charge in [0.1, 0.15) is 0 Å². The van der Waals surface area contributed by atoms with Crippen molar-refractivity contribution < 1.29 is 18.8 Å². The SMILES string of the molecule is CC(C)C(=O)N1CCC[C@@H](C(=O)NCc2ccc(NC(=O)c3ccco3)cc2)C1. The number of piperidine rings is 1. The number of hydrogen-bond acceptors (Lipinski definition) is 4. The summed E-state index contributed by atoms with van der Waals surface area (Å²) in [7, 11) is 0. The Hall–Kier alpha value is -3.09. The van der Waals surface area contributed by atoms with Gasteiger partial charge in [0.05, 0.1) is 12.2 Å². The highest BCUT2D eigenvalue weighted by Gasteiger charge is 2.29. The van der Waals surface area contributed by atoms with Gasteiger partial charge in [-0.2, -0.15) is 0 Å². The molecule has 0 unspecified atom stereocenters. The lowest BCUT2D eigenvalue weighted by Gasteiger charge is -2.33. The highest BCUT2D eigenvalue weighted by Crippen LogP contribution is 2.19. The van der Waals surface area contributed by atoms with Crippen molar-refractivity contribution in [3.63, 3.8) is 0 Å². The Morgan fingerprint density at radius 2 is 1.93 bits per heavy atom. The summed E-state index contributed by atoms with van der Waals surface area (Å²) >= 11 is 0. The third kappa shape index (κ3) is 5.47. The van der Waals surface area contributed by atoms with E-state index in [4.69, 9.17) is 4.42 Å². The van der Waals surface area contributed by atoms with E-state index in [9.17, 15) is 14.4 Å². The van der Waals surface area contributed by atoms with Crippen LogP contribution in [0.4, 0.5) is 5.69 Å². The number of nitrogens with one attached hydrogen (secondary N) is 2. The number of carbonyl (C=O) groups is 3. The van der Waals surface area contributed by atoms with Gasteiger partial charge in [0.15, 0.2) is 5.76 Å². The van der Waals surface area contributed by atoms with Crippen molar-refractivity contribution in [2.45, 2.75) is 33.2 Å². The molecule has 154 valence electrons. The minimum Gasteiger partial charge on any atom is -0.459 e. The van der Waals surface area contributed by atoms with E-state index in [1.165, 1.54) is 6.26 Å². The summed E-state index contributed by atoms with van der Waals surface area (Å²) in [5.41, 5.74) is 1.58. The summed E-state index contributed by atoms with van der Waals surface area (Å²) in [5.74, 6) is -0.203. The first kappa shape index (κ1) is 20.6. The standard InChI is InChI=1S/C22H27N3O4/c1-15(2)22(28)25-11-3-5-17(14-25)20(26)23-13-16-7-9-18(10-8-16)24-21(27)19-6-4-12-29-19/h4,6-10,12,15,17H,3,5,11,13-14H2,1-2H3,(H,23,26)(H,24,27)/t17-/m1/s1. The van der Waals surface area contributed by atoms with E-state index in [0.29, 0.717) is 18.8 Å². The van der Waals surface area contributed by atoms with Crippen LogP contribution in [-0.4, -0.2) is 35.7 Å². The van der Waals surface area contributed by atoms with Crippen molar-refractivity contribution in [2.24, 2.45) is 11.8 Å². The summed E-state index contributed by atoms with van der Waals surface area (Å²) in [4.78, 5) is 38.5. The second kappa shape index (κ2) is 9.41.